The first-order chi connectivity index (χ1) is 16.4. The molecule has 2 bridgehead atoms. The molecular formula is C25H28N4O5. The predicted molar refractivity (Wildman–Crippen MR) is 122 cm³/mol. The van der Waals surface area contributed by atoms with Crippen molar-refractivity contribution in [1.82, 2.24) is 19.8 Å². The van der Waals surface area contributed by atoms with Crippen LogP contribution in [0.3, 0.4) is 0 Å². The summed E-state index contributed by atoms with van der Waals surface area (Å²) in [6.45, 7) is 4.28. The zero-order valence-corrected chi connectivity index (χ0v) is 19.5. The Morgan fingerprint density at radius 3 is 1.82 bits per heavy atom. The van der Waals surface area contributed by atoms with Crippen LogP contribution in [-0.4, -0.2) is 78.4 Å². The molecule has 34 heavy (non-hydrogen) atoms. The highest BCUT2D eigenvalue weighted by Gasteiger charge is 2.75. The monoisotopic (exact) mass is 464 g/mol. The summed E-state index contributed by atoms with van der Waals surface area (Å²) >= 11 is 0. The summed E-state index contributed by atoms with van der Waals surface area (Å²) in [5.74, 6) is -1.98. The number of hydrogen-bond donors (Lipinski definition) is 0. The van der Waals surface area contributed by atoms with Crippen molar-refractivity contribution in [2.24, 2.45) is 10.8 Å². The lowest BCUT2D eigenvalue weighted by atomic mass is 9.54. The number of carbonyl (C=O) groups excluding carboxylic acids is 3. The number of likely N-dealkylation sites (tertiary alicyclic amines) is 2. The molecule has 2 aliphatic rings. The van der Waals surface area contributed by atoms with Gasteiger partial charge < -0.3 is 14.4 Å². The van der Waals surface area contributed by atoms with Crippen LogP contribution in [0.15, 0.2) is 61.4 Å². The number of rotatable bonds is 6. The Balaban J connectivity index is 2.12. The summed E-state index contributed by atoms with van der Waals surface area (Å²) < 4.78 is 10.5. The molecule has 178 valence electrons. The van der Waals surface area contributed by atoms with Crippen molar-refractivity contribution in [2.45, 2.75) is 12.1 Å². The molecule has 4 atom stereocenters. The van der Waals surface area contributed by atoms with Gasteiger partial charge in [-0.05, 0) is 31.3 Å². The van der Waals surface area contributed by atoms with Crippen LogP contribution in [0.2, 0.25) is 0 Å². The molecule has 9 nitrogen and oxygen atoms in total. The van der Waals surface area contributed by atoms with Gasteiger partial charge in [0, 0.05) is 32.0 Å². The molecular weight excluding hydrogens is 436 g/mol. The molecule has 0 aliphatic carbocycles. The average Bonchev–Trinajstić information content (AvgIpc) is 2.86. The summed E-state index contributed by atoms with van der Waals surface area (Å²) in [6.07, 6.45) is 4.90. The van der Waals surface area contributed by atoms with Gasteiger partial charge in [0.15, 0.2) is 16.6 Å². The largest absolute Gasteiger partial charge is 0.468 e. The fraction of sp³-hybridized carbons (Fsp3) is 0.400. The van der Waals surface area contributed by atoms with E-state index in [0.29, 0.717) is 11.4 Å². The first-order valence-electron chi connectivity index (χ1n) is 11.0. The van der Waals surface area contributed by atoms with Crippen LogP contribution in [0.5, 0.6) is 0 Å². The standard InChI is InChI=1S/C25H28N4O5/c1-5-14-29-19(17-10-6-8-12-26-17)24(22(31)33-3)15-28(2)16-25(21(24)30,23(32)34-4)20(29)18-11-7-9-13-27-18/h5-13,19-20H,1,14-16H2,2-4H3. The fourth-order valence-electron chi connectivity index (χ4n) is 5.77. The van der Waals surface area contributed by atoms with E-state index >= 15 is 0 Å². The molecule has 0 amide bonds. The van der Waals surface area contributed by atoms with Crippen molar-refractivity contribution in [2.75, 3.05) is 40.9 Å². The van der Waals surface area contributed by atoms with E-state index in [1.807, 2.05) is 9.80 Å². The Kier molecular flexibility index (Phi) is 6.33. The molecule has 0 saturated carbocycles. The van der Waals surface area contributed by atoms with Crippen molar-refractivity contribution in [3.63, 3.8) is 0 Å². The Morgan fingerprint density at radius 1 is 1.00 bits per heavy atom. The third kappa shape index (κ3) is 3.26. The Labute approximate surface area is 198 Å². The predicted octanol–water partition coefficient (Wildman–Crippen LogP) is 1.59. The Bertz CT molecular complexity index is 1020. The van der Waals surface area contributed by atoms with Gasteiger partial charge in [0.05, 0.1) is 37.7 Å². The van der Waals surface area contributed by atoms with E-state index in [1.165, 1.54) is 14.2 Å². The molecule has 0 spiro atoms. The number of nitrogens with zero attached hydrogens (tertiary/aromatic N) is 4. The highest BCUT2D eigenvalue weighted by Crippen LogP contribution is 2.60. The second kappa shape index (κ2) is 9.08. The number of aromatic nitrogens is 2. The number of methoxy groups -OCH3 is 2. The van der Waals surface area contributed by atoms with E-state index < -0.39 is 40.6 Å². The lowest BCUT2D eigenvalue weighted by molar-refractivity contribution is -0.204. The minimum absolute atomic E-state index is 0.0566. The van der Waals surface area contributed by atoms with Crippen molar-refractivity contribution in [3.05, 3.63) is 72.8 Å². The number of pyridine rings is 2. The third-order valence-corrected chi connectivity index (χ3v) is 6.82. The zero-order chi connectivity index (χ0) is 24.5. The molecule has 2 fully saturated rings. The van der Waals surface area contributed by atoms with Crippen LogP contribution in [-0.2, 0) is 23.9 Å². The van der Waals surface area contributed by atoms with Gasteiger partial charge in [-0.3, -0.25) is 29.3 Å². The van der Waals surface area contributed by atoms with Gasteiger partial charge in [-0.15, -0.1) is 6.58 Å². The average molecular weight is 465 g/mol. The minimum atomic E-state index is -1.72. The van der Waals surface area contributed by atoms with E-state index in [-0.39, 0.29) is 19.6 Å². The van der Waals surface area contributed by atoms with Gasteiger partial charge in [0.1, 0.15) is 0 Å². The number of Topliss-reactive ketones (excluding diaryl/α,β-unsaturated/α-hetero) is 1. The van der Waals surface area contributed by atoms with Gasteiger partial charge in [-0.2, -0.15) is 0 Å². The number of fused-ring (bicyclic) bond motifs is 2. The number of esters is 2. The van der Waals surface area contributed by atoms with Crippen LogP contribution in [0.4, 0.5) is 0 Å². The number of carbonyl (C=O) groups is 3. The third-order valence-electron chi connectivity index (χ3n) is 6.82. The van der Waals surface area contributed by atoms with E-state index in [2.05, 4.69) is 16.5 Å². The van der Waals surface area contributed by atoms with Crippen LogP contribution in [0.1, 0.15) is 23.5 Å². The molecule has 4 rings (SSSR count). The summed E-state index contributed by atoms with van der Waals surface area (Å²) in [7, 11) is 4.27. The highest BCUT2D eigenvalue weighted by atomic mass is 16.5. The molecule has 2 aromatic heterocycles. The Hall–Kier alpha value is -3.43. The first-order valence-corrected chi connectivity index (χ1v) is 11.0. The van der Waals surface area contributed by atoms with Crippen molar-refractivity contribution >= 4 is 17.7 Å². The van der Waals surface area contributed by atoms with E-state index in [1.54, 1.807) is 61.9 Å². The maximum absolute atomic E-state index is 14.6. The smallest absolute Gasteiger partial charge is 0.322 e. The topological polar surface area (TPSA) is 102 Å². The Morgan fingerprint density at radius 2 is 1.47 bits per heavy atom. The molecule has 4 heterocycles. The SMILES string of the molecule is C=CCN1C(c2ccccn2)C2(C(=O)OC)CN(C)CC(C(=O)OC)(C2=O)C1c1ccccn1. The van der Waals surface area contributed by atoms with E-state index in [9.17, 15) is 14.4 Å². The lowest BCUT2D eigenvalue weighted by Crippen LogP contribution is -2.75. The van der Waals surface area contributed by atoms with Crippen molar-refractivity contribution in [1.29, 1.82) is 0 Å². The molecule has 2 saturated heterocycles. The number of hydrogen-bond acceptors (Lipinski definition) is 9. The van der Waals surface area contributed by atoms with Gasteiger partial charge in [0.2, 0.25) is 0 Å². The van der Waals surface area contributed by atoms with E-state index in [4.69, 9.17) is 9.47 Å². The summed E-state index contributed by atoms with van der Waals surface area (Å²) in [5.41, 5.74) is -2.42. The van der Waals surface area contributed by atoms with Gasteiger partial charge in [-0.1, -0.05) is 18.2 Å². The van der Waals surface area contributed by atoms with Crippen LogP contribution in [0, 0.1) is 10.8 Å². The molecule has 0 aromatic carbocycles. The number of piperidine rings is 2. The molecule has 2 aromatic rings. The van der Waals surface area contributed by atoms with Gasteiger partial charge in [-0.25, -0.2) is 0 Å². The highest BCUT2D eigenvalue weighted by molar-refractivity contribution is 6.17. The second-order valence-electron chi connectivity index (χ2n) is 8.73. The van der Waals surface area contributed by atoms with Crippen LogP contribution < -0.4 is 0 Å². The molecule has 4 unspecified atom stereocenters. The lowest BCUT2D eigenvalue weighted by Gasteiger charge is -2.60. The van der Waals surface area contributed by atoms with E-state index in [0.717, 1.165) is 0 Å². The fourth-order valence-corrected chi connectivity index (χ4v) is 5.77. The maximum Gasteiger partial charge on any atom is 0.322 e. The number of ether oxygens (including phenoxy) is 2. The normalized spacial score (nSPS) is 29.3. The number of ketones is 1. The minimum Gasteiger partial charge on any atom is -0.468 e. The molecule has 0 radical (unpaired) electrons. The van der Waals surface area contributed by atoms with Crippen molar-refractivity contribution in [3.8, 4) is 0 Å². The van der Waals surface area contributed by atoms with Gasteiger partial charge >= 0.3 is 11.9 Å². The zero-order valence-electron chi connectivity index (χ0n) is 19.5. The quantitative estimate of drug-likeness (QED) is 0.358. The van der Waals surface area contributed by atoms with Crippen LogP contribution >= 0.6 is 0 Å². The first kappa shape index (κ1) is 23.7. The maximum atomic E-state index is 14.6. The van der Waals surface area contributed by atoms with Crippen molar-refractivity contribution < 1.29 is 23.9 Å². The molecule has 2 aliphatic heterocycles. The van der Waals surface area contributed by atoms with Gasteiger partial charge in [0.25, 0.3) is 0 Å². The molecule has 0 N–H and O–H groups in total. The second-order valence-corrected chi connectivity index (χ2v) is 8.73. The van der Waals surface area contributed by atoms with Crippen LogP contribution in [0.25, 0.3) is 0 Å². The molecule has 9 heteroatoms. The summed E-state index contributed by atoms with van der Waals surface area (Å²) in [5, 5.41) is 0. The summed E-state index contributed by atoms with van der Waals surface area (Å²) in [4.78, 5) is 54.5. The summed E-state index contributed by atoms with van der Waals surface area (Å²) in [6, 6.07) is 9.00.